The van der Waals surface area contributed by atoms with Crippen LogP contribution in [0.2, 0.25) is 0 Å². The number of carboxylic acid groups (broad SMARTS) is 1. The molecule has 2 amide bonds. The van der Waals surface area contributed by atoms with Crippen molar-refractivity contribution in [2.45, 2.75) is 12.4 Å². The number of rotatable bonds is 5. The van der Waals surface area contributed by atoms with Crippen molar-refractivity contribution >= 4 is 29.2 Å². The predicted molar refractivity (Wildman–Crippen MR) is 112 cm³/mol. The zero-order valence-electron chi connectivity index (χ0n) is 17.3. The van der Waals surface area contributed by atoms with Crippen LogP contribution in [-0.4, -0.2) is 22.9 Å². The van der Waals surface area contributed by atoms with Gasteiger partial charge in [0.05, 0.1) is 27.9 Å². The lowest BCUT2D eigenvalue weighted by molar-refractivity contribution is -0.143. The van der Waals surface area contributed by atoms with Gasteiger partial charge in [-0.25, -0.2) is 4.79 Å². The highest BCUT2D eigenvalue weighted by molar-refractivity contribution is 6.12. The standard InChI is InChI=1S/C23H14F6N2O4/c24-22(25,26)14-8-13(9-15(11-14)23(27,28)29)19(32)31-18-7-2-1-6-17(18)20(33)30-16-5-3-4-12(10-16)21(34)35/h1-11H,(H,30,33)(H,31,32)(H,34,35). The third kappa shape index (κ3) is 6.16. The van der Waals surface area contributed by atoms with E-state index >= 15 is 0 Å². The van der Waals surface area contributed by atoms with Gasteiger partial charge < -0.3 is 15.7 Å². The van der Waals surface area contributed by atoms with Crippen molar-refractivity contribution in [2.24, 2.45) is 0 Å². The van der Waals surface area contributed by atoms with Gasteiger partial charge in [-0.15, -0.1) is 0 Å². The maximum Gasteiger partial charge on any atom is 0.416 e. The third-order valence-electron chi connectivity index (χ3n) is 4.64. The number of nitrogens with one attached hydrogen (secondary N) is 2. The Bertz CT molecular complexity index is 1270. The van der Waals surface area contributed by atoms with E-state index in [-0.39, 0.29) is 40.7 Å². The van der Waals surface area contributed by atoms with Crippen molar-refractivity contribution in [3.05, 3.63) is 94.5 Å². The summed E-state index contributed by atoms with van der Waals surface area (Å²) in [4.78, 5) is 36.4. The second-order valence-electron chi connectivity index (χ2n) is 7.13. The number of anilines is 2. The Hall–Kier alpha value is -4.35. The largest absolute Gasteiger partial charge is 0.478 e. The van der Waals surface area contributed by atoms with Gasteiger partial charge in [-0.1, -0.05) is 18.2 Å². The number of halogens is 6. The molecule has 0 aliphatic carbocycles. The number of alkyl halides is 6. The van der Waals surface area contributed by atoms with Crippen LogP contribution in [0.4, 0.5) is 37.7 Å². The van der Waals surface area contributed by atoms with Gasteiger partial charge >= 0.3 is 18.3 Å². The Kier molecular flexibility index (Phi) is 6.85. The maximum atomic E-state index is 13.1. The molecule has 0 atom stereocenters. The molecule has 3 rings (SSSR count). The number of aromatic carboxylic acids is 1. The molecule has 182 valence electrons. The highest BCUT2D eigenvalue weighted by Gasteiger charge is 2.37. The molecule has 0 fully saturated rings. The van der Waals surface area contributed by atoms with E-state index < -0.39 is 46.8 Å². The summed E-state index contributed by atoms with van der Waals surface area (Å²) in [6.07, 6.45) is -10.3. The van der Waals surface area contributed by atoms with Crippen LogP contribution in [0.3, 0.4) is 0 Å². The maximum absolute atomic E-state index is 13.1. The fourth-order valence-corrected chi connectivity index (χ4v) is 3.00. The number of carbonyl (C=O) groups excluding carboxylic acids is 2. The Labute approximate surface area is 193 Å². The van der Waals surface area contributed by atoms with Gasteiger partial charge in [0.25, 0.3) is 11.8 Å². The topological polar surface area (TPSA) is 95.5 Å². The van der Waals surface area contributed by atoms with Gasteiger partial charge in [0.1, 0.15) is 0 Å². The molecule has 35 heavy (non-hydrogen) atoms. The molecular formula is C23H14F6N2O4. The van der Waals surface area contributed by atoms with Gasteiger partial charge in [-0.2, -0.15) is 26.3 Å². The summed E-state index contributed by atoms with van der Waals surface area (Å²) < 4.78 is 78.6. The number of carboxylic acids is 1. The molecule has 0 aliphatic rings. The molecule has 0 aliphatic heterocycles. The minimum atomic E-state index is -5.14. The number of hydrogen-bond acceptors (Lipinski definition) is 3. The van der Waals surface area contributed by atoms with Gasteiger partial charge in [-0.3, -0.25) is 9.59 Å². The van der Waals surface area contributed by atoms with Crippen LogP contribution in [0, 0.1) is 0 Å². The number of para-hydroxylation sites is 1. The molecular weight excluding hydrogens is 482 g/mol. The van der Waals surface area contributed by atoms with E-state index in [2.05, 4.69) is 10.6 Å². The Morgan fingerprint density at radius 1 is 0.657 bits per heavy atom. The molecule has 0 aromatic heterocycles. The summed E-state index contributed by atoms with van der Waals surface area (Å²) >= 11 is 0. The number of hydrogen-bond donors (Lipinski definition) is 3. The van der Waals surface area contributed by atoms with Crippen molar-refractivity contribution in [1.29, 1.82) is 0 Å². The van der Waals surface area contributed by atoms with Crippen LogP contribution < -0.4 is 10.6 Å². The lowest BCUT2D eigenvalue weighted by Crippen LogP contribution is -2.20. The second-order valence-corrected chi connectivity index (χ2v) is 7.13. The smallest absolute Gasteiger partial charge is 0.416 e. The van der Waals surface area contributed by atoms with Gasteiger partial charge in [-0.05, 0) is 48.5 Å². The predicted octanol–water partition coefficient (Wildman–Crippen LogP) is 5.93. The first-order valence-corrected chi connectivity index (χ1v) is 9.60. The first-order chi connectivity index (χ1) is 16.3. The SMILES string of the molecule is O=C(O)c1cccc(NC(=O)c2ccccc2NC(=O)c2cc(C(F)(F)F)cc(C(F)(F)F)c2)c1. The highest BCUT2D eigenvalue weighted by Crippen LogP contribution is 2.36. The van der Waals surface area contributed by atoms with E-state index in [0.717, 1.165) is 0 Å². The van der Waals surface area contributed by atoms with Crippen molar-refractivity contribution in [3.63, 3.8) is 0 Å². The van der Waals surface area contributed by atoms with E-state index in [1.807, 2.05) is 0 Å². The monoisotopic (exact) mass is 496 g/mol. The summed E-state index contributed by atoms with van der Waals surface area (Å²) in [5, 5.41) is 13.6. The summed E-state index contributed by atoms with van der Waals surface area (Å²) in [6, 6.07) is 10.9. The van der Waals surface area contributed by atoms with Crippen LogP contribution in [0.25, 0.3) is 0 Å². The van der Waals surface area contributed by atoms with Crippen LogP contribution in [-0.2, 0) is 12.4 Å². The van der Waals surface area contributed by atoms with Crippen molar-refractivity contribution in [1.82, 2.24) is 0 Å². The fraction of sp³-hybridized carbons (Fsp3) is 0.0870. The summed E-state index contributed by atoms with van der Waals surface area (Å²) in [7, 11) is 0. The third-order valence-corrected chi connectivity index (χ3v) is 4.64. The molecule has 3 aromatic carbocycles. The molecule has 0 bridgehead atoms. The minimum absolute atomic E-state index is 0.101. The first-order valence-electron chi connectivity index (χ1n) is 9.60. The van der Waals surface area contributed by atoms with Crippen LogP contribution in [0.15, 0.2) is 66.7 Å². The quantitative estimate of drug-likeness (QED) is 0.382. The normalized spacial score (nSPS) is 11.6. The molecule has 0 radical (unpaired) electrons. The molecule has 0 unspecified atom stereocenters. The lowest BCUT2D eigenvalue weighted by atomic mass is 10.0. The molecule has 0 saturated carbocycles. The summed E-state index contributed by atoms with van der Waals surface area (Å²) in [5.74, 6) is -3.37. The molecule has 0 saturated heterocycles. The molecule has 3 N–H and O–H groups in total. The van der Waals surface area contributed by atoms with Crippen molar-refractivity contribution in [2.75, 3.05) is 10.6 Å². The van der Waals surface area contributed by atoms with E-state index in [4.69, 9.17) is 5.11 Å². The van der Waals surface area contributed by atoms with E-state index in [1.54, 1.807) is 0 Å². The average molecular weight is 496 g/mol. The van der Waals surface area contributed by atoms with E-state index in [1.165, 1.54) is 48.5 Å². The van der Waals surface area contributed by atoms with Gasteiger partial charge in [0.15, 0.2) is 0 Å². The molecule has 0 spiro atoms. The summed E-state index contributed by atoms with van der Waals surface area (Å²) in [5.41, 5.74) is -4.64. The van der Waals surface area contributed by atoms with Crippen molar-refractivity contribution < 1.29 is 45.8 Å². The van der Waals surface area contributed by atoms with Crippen molar-refractivity contribution in [3.8, 4) is 0 Å². The molecule has 12 heteroatoms. The Balaban J connectivity index is 1.91. The zero-order valence-corrected chi connectivity index (χ0v) is 17.3. The number of carbonyl (C=O) groups is 3. The van der Waals surface area contributed by atoms with Gasteiger partial charge in [0, 0.05) is 11.3 Å². The van der Waals surface area contributed by atoms with Crippen LogP contribution in [0.5, 0.6) is 0 Å². The van der Waals surface area contributed by atoms with E-state index in [0.29, 0.717) is 0 Å². The number of amides is 2. The lowest BCUT2D eigenvalue weighted by Gasteiger charge is -2.15. The van der Waals surface area contributed by atoms with Gasteiger partial charge in [0.2, 0.25) is 0 Å². The highest BCUT2D eigenvalue weighted by atomic mass is 19.4. The number of benzene rings is 3. The van der Waals surface area contributed by atoms with E-state index in [9.17, 15) is 40.7 Å². The Morgan fingerprint density at radius 2 is 1.26 bits per heavy atom. The summed E-state index contributed by atoms with van der Waals surface area (Å²) in [6.45, 7) is 0. The average Bonchev–Trinajstić information content (AvgIpc) is 2.78. The molecule has 0 heterocycles. The minimum Gasteiger partial charge on any atom is -0.478 e. The first kappa shape index (κ1) is 25.3. The fourth-order valence-electron chi connectivity index (χ4n) is 3.00. The molecule has 6 nitrogen and oxygen atoms in total. The van der Waals surface area contributed by atoms with Crippen LogP contribution in [0.1, 0.15) is 42.2 Å². The molecule has 3 aromatic rings. The second kappa shape index (κ2) is 9.49. The van der Waals surface area contributed by atoms with Crippen LogP contribution >= 0.6 is 0 Å². The zero-order chi connectivity index (χ0) is 26.0. The Morgan fingerprint density at radius 3 is 1.83 bits per heavy atom.